The maximum Gasteiger partial charge on any atom is 0.321 e. The number of hydrogen-bond donors (Lipinski definition) is 1. The van der Waals surface area contributed by atoms with Crippen LogP contribution in [0.4, 0.5) is 0 Å². The molecule has 1 N–H and O–H groups in total. The van der Waals surface area contributed by atoms with Gasteiger partial charge in [-0.3, -0.25) is 0 Å². The van der Waals surface area contributed by atoms with Crippen molar-refractivity contribution in [2.45, 2.75) is 13.0 Å². The summed E-state index contributed by atoms with van der Waals surface area (Å²) in [5.41, 5.74) is 1.16. The van der Waals surface area contributed by atoms with Crippen LogP contribution in [0.5, 0.6) is 11.8 Å². The number of hydrogen-bond acceptors (Lipinski definition) is 5. The van der Waals surface area contributed by atoms with Crippen molar-refractivity contribution in [3.63, 3.8) is 0 Å². The first kappa shape index (κ1) is 14.4. The van der Waals surface area contributed by atoms with Gasteiger partial charge in [0.15, 0.2) is 0 Å². The minimum atomic E-state index is 0.359. The molecule has 0 bridgehead atoms. The van der Waals surface area contributed by atoms with E-state index in [9.17, 15) is 0 Å². The minimum Gasteiger partial charge on any atom is -0.424 e. The molecular weight excluding hydrogens is 254 g/mol. The molecule has 1 aromatic carbocycles. The molecular formula is C15H19N3O2. The fourth-order valence-electron chi connectivity index (χ4n) is 1.74. The fourth-order valence-corrected chi connectivity index (χ4v) is 1.74. The molecule has 0 atom stereocenters. The van der Waals surface area contributed by atoms with E-state index in [1.807, 2.05) is 18.2 Å². The van der Waals surface area contributed by atoms with Gasteiger partial charge in [-0.1, -0.05) is 12.1 Å². The lowest BCUT2D eigenvalue weighted by atomic mass is 10.2. The third-order valence-corrected chi connectivity index (χ3v) is 2.68. The molecule has 5 heteroatoms. The van der Waals surface area contributed by atoms with Crippen molar-refractivity contribution >= 4 is 0 Å². The summed E-state index contributed by atoms with van der Waals surface area (Å²) in [6, 6.07) is 10.0. The first-order valence-corrected chi connectivity index (χ1v) is 6.62. The van der Waals surface area contributed by atoms with Crippen LogP contribution < -0.4 is 10.1 Å². The highest BCUT2D eigenvalue weighted by atomic mass is 16.5. The van der Waals surface area contributed by atoms with E-state index in [1.54, 1.807) is 25.6 Å². The van der Waals surface area contributed by atoms with Crippen molar-refractivity contribution < 1.29 is 9.47 Å². The summed E-state index contributed by atoms with van der Waals surface area (Å²) >= 11 is 0. The summed E-state index contributed by atoms with van der Waals surface area (Å²) in [4.78, 5) is 8.07. The van der Waals surface area contributed by atoms with E-state index in [0.717, 1.165) is 37.4 Å². The van der Waals surface area contributed by atoms with Crippen LogP contribution in [0, 0.1) is 0 Å². The Hall–Kier alpha value is -1.98. The van der Waals surface area contributed by atoms with Crippen LogP contribution in [0.3, 0.4) is 0 Å². The Labute approximate surface area is 119 Å². The largest absolute Gasteiger partial charge is 0.424 e. The Morgan fingerprint density at radius 1 is 1.15 bits per heavy atom. The number of aromatic nitrogens is 2. The molecule has 0 spiro atoms. The van der Waals surface area contributed by atoms with Crippen molar-refractivity contribution in [2.75, 3.05) is 20.3 Å². The molecule has 0 amide bonds. The van der Waals surface area contributed by atoms with Crippen molar-refractivity contribution in [2.24, 2.45) is 0 Å². The topological polar surface area (TPSA) is 56.3 Å². The molecule has 1 aromatic heterocycles. The second-order valence-corrected chi connectivity index (χ2v) is 4.30. The SMILES string of the molecule is COCCCNCc1cccc(Oc2ncccn2)c1. The van der Waals surface area contributed by atoms with E-state index in [4.69, 9.17) is 9.47 Å². The zero-order valence-electron chi connectivity index (χ0n) is 11.6. The second kappa shape index (κ2) is 8.24. The molecule has 2 rings (SSSR count). The highest BCUT2D eigenvalue weighted by Crippen LogP contribution is 2.18. The van der Waals surface area contributed by atoms with Crippen LogP contribution in [-0.4, -0.2) is 30.2 Å². The van der Waals surface area contributed by atoms with Crippen LogP contribution in [0.2, 0.25) is 0 Å². The number of rotatable bonds is 8. The molecule has 0 saturated carbocycles. The fraction of sp³-hybridized carbons (Fsp3) is 0.333. The summed E-state index contributed by atoms with van der Waals surface area (Å²) < 4.78 is 10.6. The average Bonchev–Trinajstić information content (AvgIpc) is 2.48. The third kappa shape index (κ3) is 4.95. The summed E-state index contributed by atoms with van der Waals surface area (Å²) in [5.74, 6) is 0.743. The first-order valence-electron chi connectivity index (χ1n) is 6.62. The molecule has 0 aliphatic carbocycles. The predicted octanol–water partition coefficient (Wildman–Crippen LogP) is 2.40. The Balaban J connectivity index is 1.84. The van der Waals surface area contributed by atoms with Crippen molar-refractivity contribution in [3.8, 4) is 11.8 Å². The minimum absolute atomic E-state index is 0.359. The zero-order chi connectivity index (χ0) is 14.0. The lowest BCUT2D eigenvalue weighted by Crippen LogP contribution is -2.16. The van der Waals surface area contributed by atoms with Crippen LogP contribution >= 0.6 is 0 Å². The van der Waals surface area contributed by atoms with E-state index < -0.39 is 0 Å². The number of methoxy groups -OCH3 is 1. The summed E-state index contributed by atoms with van der Waals surface area (Å²) in [5, 5.41) is 3.36. The van der Waals surface area contributed by atoms with E-state index in [2.05, 4.69) is 21.4 Å². The lowest BCUT2D eigenvalue weighted by Gasteiger charge is -2.07. The van der Waals surface area contributed by atoms with Crippen LogP contribution in [0.25, 0.3) is 0 Å². The van der Waals surface area contributed by atoms with E-state index >= 15 is 0 Å². The Kier molecular flexibility index (Phi) is 5.95. The number of ether oxygens (including phenoxy) is 2. The molecule has 0 fully saturated rings. The van der Waals surface area contributed by atoms with Crippen LogP contribution in [0.15, 0.2) is 42.7 Å². The highest BCUT2D eigenvalue weighted by Gasteiger charge is 2.00. The van der Waals surface area contributed by atoms with Crippen molar-refractivity contribution in [1.82, 2.24) is 15.3 Å². The average molecular weight is 273 g/mol. The molecule has 20 heavy (non-hydrogen) atoms. The van der Waals surface area contributed by atoms with Gasteiger partial charge in [0.05, 0.1) is 0 Å². The van der Waals surface area contributed by atoms with Gasteiger partial charge >= 0.3 is 6.01 Å². The van der Waals surface area contributed by atoms with E-state index in [1.165, 1.54) is 0 Å². The molecule has 0 radical (unpaired) electrons. The second-order valence-electron chi connectivity index (χ2n) is 4.30. The normalized spacial score (nSPS) is 10.4. The molecule has 0 aliphatic rings. The van der Waals surface area contributed by atoms with E-state index in [0.29, 0.717) is 6.01 Å². The Morgan fingerprint density at radius 3 is 2.80 bits per heavy atom. The predicted molar refractivity (Wildman–Crippen MR) is 76.7 cm³/mol. The van der Waals surface area contributed by atoms with Gasteiger partial charge in [-0.05, 0) is 36.7 Å². The third-order valence-electron chi connectivity index (χ3n) is 2.68. The number of benzene rings is 1. The Bertz CT molecular complexity index is 505. The molecule has 0 aliphatic heterocycles. The van der Waals surface area contributed by atoms with Gasteiger partial charge in [-0.2, -0.15) is 0 Å². The van der Waals surface area contributed by atoms with Gasteiger partial charge in [-0.25, -0.2) is 9.97 Å². The highest BCUT2D eigenvalue weighted by molar-refractivity contribution is 5.30. The summed E-state index contributed by atoms with van der Waals surface area (Å²) in [7, 11) is 1.71. The molecule has 2 aromatic rings. The van der Waals surface area contributed by atoms with Gasteiger partial charge in [0.25, 0.3) is 0 Å². The van der Waals surface area contributed by atoms with Gasteiger partial charge in [0, 0.05) is 32.7 Å². The molecule has 0 saturated heterocycles. The standard InChI is InChI=1S/C15H19N3O2/c1-19-10-4-7-16-12-13-5-2-6-14(11-13)20-15-17-8-3-9-18-15/h2-3,5-6,8-9,11,16H,4,7,10,12H2,1H3. The van der Waals surface area contributed by atoms with Crippen LogP contribution in [0.1, 0.15) is 12.0 Å². The number of nitrogens with one attached hydrogen (secondary N) is 1. The summed E-state index contributed by atoms with van der Waals surface area (Å²) in [6.45, 7) is 2.51. The molecule has 106 valence electrons. The van der Waals surface area contributed by atoms with Gasteiger partial charge in [0.1, 0.15) is 5.75 Å². The first-order chi connectivity index (χ1) is 9.88. The van der Waals surface area contributed by atoms with Crippen molar-refractivity contribution in [1.29, 1.82) is 0 Å². The lowest BCUT2D eigenvalue weighted by molar-refractivity contribution is 0.194. The summed E-state index contributed by atoms with van der Waals surface area (Å²) in [6.07, 6.45) is 4.32. The number of nitrogens with zero attached hydrogens (tertiary/aromatic N) is 2. The van der Waals surface area contributed by atoms with Gasteiger partial charge in [-0.15, -0.1) is 0 Å². The maximum absolute atomic E-state index is 5.59. The van der Waals surface area contributed by atoms with E-state index in [-0.39, 0.29) is 0 Å². The zero-order valence-corrected chi connectivity index (χ0v) is 11.6. The molecule has 1 heterocycles. The van der Waals surface area contributed by atoms with Crippen molar-refractivity contribution in [3.05, 3.63) is 48.3 Å². The Morgan fingerprint density at radius 2 is 2.00 bits per heavy atom. The monoisotopic (exact) mass is 273 g/mol. The quantitative estimate of drug-likeness (QED) is 0.748. The van der Waals surface area contributed by atoms with Gasteiger partial charge < -0.3 is 14.8 Å². The smallest absolute Gasteiger partial charge is 0.321 e. The maximum atomic E-state index is 5.59. The molecule has 5 nitrogen and oxygen atoms in total. The van der Waals surface area contributed by atoms with Gasteiger partial charge in [0.2, 0.25) is 0 Å². The molecule has 0 unspecified atom stereocenters. The van der Waals surface area contributed by atoms with Crippen LogP contribution in [-0.2, 0) is 11.3 Å².